The largest absolute Gasteiger partial charge is 0.507 e. The van der Waals surface area contributed by atoms with Gasteiger partial charge < -0.3 is 14.6 Å². The van der Waals surface area contributed by atoms with Gasteiger partial charge in [-0.15, -0.1) is 0 Å². The SMILES string of the molecule is COc1cc(OC)c(C(=O)C(C)C)c(O)c1C. The summed E-state index contributed by atoms with van der Waals surface area (Å²) in [5, 5.41) is 10.1. The molecule has 0 fully saturated rings. The minimum Gasteiger partial charge on any atom is -0.507 e. The highest BCUT2D eigenvalue weighted by atomic mass is 16.5. The van der Waals surface area contributed by atoms with Crippen LogP contribution in [0.5, 0.6) is 17.2 Å². The van der Waals surface area contributed by atoms with Crippen molar-refractivity contribution >= 4 is 5.78 Å². The number of phenolic OH excluding ortho intramolecular Hbond substituents is 1. The van der Waals surface area contributed by atoms with Gasteiger partial charge in [0.1, 0.15) is 22.8 Å². The Morgan fingerprint density at radius 3 is 2.18 bits per heavy atom. The Labute approximate surface area is 101 Å². The molecule has 0 aromatic heterocycles. The average Bonchev–Trinajstić information content (AvgIpc) is 2.31. The molecule has 0 radical (unpaired) electrons. The van der Waals surface area contributed by atoms with E-state index in [4.69, 9.17) is 9.47 Å². The normalized spacial score (nSPS) is 10.5. The first-order valence-corrected chi connectivity index (χ1v) is 5.42. The topological polar surface area (TPSA) is 55.8 Å². The van der Waals surface area contributed by atoms with E-state index in [1.807, 2.05) is 0 Å². The first-order chi connectivity index (χ1) is 7.93. The molecule has 0 aliphatic heterocycles. The smallest absolute Gasteiger partial charge is 0.172 e. The summed E-state index contributed by atoms with van der Waals surface area (Å²) in [5.74, 6) is 0.413. The summed E-state index contributed by atoms with van der Waals surface area (Å²) in [7, 11) is 2.96. The zero-order valence-electron chi connectivity index (χ0n) is 10.8. The molecule has 17 heavy (non-hydrogen) atoms. The van der Waals surface area contributed by atoms with Crippen molar-refractivity contribution in [2.24, 2.45) is 5.92 Å². The second-order valence-electron chi connectivity index (χ2n) is 4.15. The number of Topliss-reactive ketones (excluding diaryl/α,β-unsaturated/α-hetero) is 1. The summed E-state index contributed by atoms with van der Waals surface area (Å²) in [6, 6.07) is 1.62. The van der Waals surface area contributed by atoms with Crippen LogP contribution in [0.25, 0.3) is 0 Å². The molecule has 1 rings (SSSR count). The van der Waals surface area contributed by atoms with E-state index < -0.39 is 0 Å². The minimum absolute atomic E-state index is 0.0695. The first kappa shape index (κ1) is 13.4. The highest BCUT2D eigenvalue weighted by Gasteiger charge is 2.23. The van der Waals surface area contributed by atoms with E-state index in [1.165, 1.54) is 14.2 Å². The van der Waals surface area contributed by atoms with Crippen LogP contribution in [0.2, 0.25) is 0 Å². The second-order valence-corrected chi connectivity index (χ2v) is 4.15. The molecule has 94 valence electrons. The van der Waals surface area contributed by atoms with Gasteiger partial charge >= 0.3 is 0 Å². The lowest BCUT2D eigenvalue weighted by atomic mass is 9.97. The fraction of sp³-hybridized carbons (Fsp3) is 0.462. The monoisotopic (exact) mass is 238 g/mol. The van der Waals surface area contributed by atoms with Crippen LogP contribution in [0.15, 0.2) is 6.07 Å². The third kappa shape index (κ3) is 2.35. The van der Waals surface area contributed by atoms with Crippen molar-refractivity contribution in [3.05, 3.63) is 17.2 Å². The predicted octanol–water partition coefficient (Wildman–Crippen LogP) is 2.56. The number of hydrogen-bond donors (Lipinski definition) is 1. The molecule has 4 nitrogen and oxygen atoms in total. The Bertz CT molecular complexity index is 436. The van der Waals surface area contributed by atoms with E-state index in [0.717, 1.165) is 0 Å². The minimum atomic E-state index is -0.206. The van der Waals surface area contributed by atoms with Gasteiger partial charge in [-0.2, -0.15) is 0 Å². The third-order valence-corrected chi connectivity index (χ3v) is 2.68. The highest BCUT2D eigenvalue weighted by Crippen LogP contribution is 2.38. The highest BCUT2D eigenvalue weighted by molar-refractivity contribution is 6.03. The predicted molar refractivity (Wildman–Crippen MR) is 65.1 cm³/mol. The molecule has 0 unspecified atom stereocenters. The van der Waals surface area contributed by atoms with Gasteiger partial charge in [-0.25, -0.2) is 0 Å². The lowest BCUT2D eigenvalue weighted by Crippen LogP contribution is -2.10. The summed E-state index contributed by atoms with van der Waals surface area (Å²) in [6.07, 6.45) is 0. The molecule has 0 saturated heterocycles. The van der Waals surface area contributed by atoms with Crippen LogP contribution in [-0.2, 0) is 0 Å². The lowest BCUT2D eigenvalue weighted by molar-refractivity contribution is 0.0933. The number of benzene rings is 1. The molecular formula is C13H18O4. The molecule has 0 amide bonds. The van der Waals surface area contributed by atoms with E-state index in [-0.39, 0.29) is 23.0 Å². The van der Waals surface area contributed by atoms with Crippen LogP contribution in [0.1, 0.15) is 29.8 Å². The summed E-state index contributed by atoms with van der Waals surface area (Å²) >= 11 is 0. The number of ketones is 1. The van der Waals surface area contributed by atoms with E-state index in [2.05, 4.69) is 0 Å². The Morgan fingerprint density at radius 2 is 1.76 bits per heavy atom. The van der Waals surface area contributed by atoms with Gasteiger partial charge in [0.25, 0.3) is 0 Å². The van der Waals surface area contributed by atoms with E-state index in [1.54, 1.807) is 26.8 Å². The summed E-state index contributed by atoms with van der Waals surface area (Å²) < 4.78 is 10.2. The Kier molecular flexibility index (Phi) is 3.99. The fourth-order valence-corrected chi connectivity index (χ4v) is 1.62. The van der Waals surface area contributed by atoms with Crippen LogP contribution in [0, 0.1) is 12.8 Å². The van der Waals surface area contributed by atoms with Crippen molar-refractivity contribution in [2.75, 3.05) is 14.2 Å². The van der Waals surface area contributed by atoms with Crippen LogP contribution in [-0.4, -0.2) is 25.1 Å². The van der Waals surface area contributed by atoms with Crippen LogP contribution >= 0.6 is 0 Å². The summed E-state index contributed by atoms with van der Waals surface area (Å²) in [4.78, 5) is 12.0. The van der Waals surface area contributed by atoms with Crippen LogP contribution < -0.4 is 9.47 Å². The maximum atomic E-state index is 12.0. The van der Waals surface area contributed by atoms with Gasteiger partial charge in [-0.05, 0) is 6.92 Å². The van der Waals surface area contributed by atoms with Crippen molar-refractivity contribution in [2.45, 2.75) is 20.8 Å². The molecule has 0 aliphatic carbocycles. The maximum Gasteiger partial charge on any atom is 0.172 e. The molecule has 0 spiro atoms. The zero-order chi connectivity index (χ0) is 13.2. The Hall–Kier alpha value is -1.71. The van der Waals surface area contributed by atoms with Crippen molar-refractivity contribution in [3.8, 4) is 17.2 Å². The average molecular weight is 238 g/mol. The quantitative estimate of drug-likeness (QED) is 0.819. The Balaban J connectivity index is 3.48. The number of rotatable bonds is 4. The van der Waals surface area contributed by atoms with Gasteiger partial charge in [0.05, 0.1) is 14.2 Å². The molecular weight excluding hydrogens is 220 g/mol. The number of carbonyl (C=O) groups is 1. The first-order valence-electron chi connectivity index (χ1n) is 5.42. The zero-order valence-corrected chi connectivity index (χ0v) is 10.8. The van der Waals surface area contributed by atoms with Crippen molar-refractivity contribution < 1.29 is 19.4 Å². The molecule has 4 heteroatoms. The number of aromatic hydroxyl groups is 1. The van der Waals surface area contributed by atoms with E-state index >= 15 is 0 Å². The van der Waals surface area contributed by atoms with E-state index in [0.29, 0.717) is 17.1 Å². The molecule has 0 saturated carbocycles. The summed E-state index contributed by atoms with van der Waals surface area (Å²) in [5.41, 5.74) is 0.762. The number of carbonyl (C=O) groups excluding carboxylic acids is 1. The van der Waals surface area contributed by atoms with E-state index in [9.17, 15) is 9.90 Å². The maximum absolute atomic E-state index is 12.0. The van der Waals surface area contributed by atoms with Gasteiger partial charge in [0.2, 0.25) is 0 Å². The van der Waals surface area contributed by atoms with Crippen molar-refractivity contribution in [1.29, 1.82) is 0 Å². The van der Waals surface area contributed by atoms with Gasteiger partial charge in [0.15, 0.2) is 5.78 Å². The van der Waals surface area contributed by atoms with Crippen molar-refractivity contribution in [3.63, 3.8) is 0 Å². The lowest BCUT2D eigenvalue weighted by Gasteiger charge is -2.16. The van der Waals surface area contributed by atoms with Gasteiger partial charge in [0, 0.05) is 17.5 Å². The number of methoxy groups -OCH3 is 2. The standard InChI is InChI=1S/C13H18O4/c1-7(2)12(14)11-10(17-5)6-9(16-4)8(3)13(11)15/h6-7,15H,1-5H3. The van der Waals surface area contributed by atoms with Crippen LogP contribution in [0.4, 0.5) is 0 Å². The molecule has 0 heterocycles. The molecule has 1 N–H and O–H groups in total. The number of hydrogen-bond acceptors (Lipinski definition) is 4. The fourth-order valence-electron chi connectivity index (χ4n) is 1.62. The Morgan fingerprint density at radius 1 is 1.24 bits per heavy atom. The molecule has 1 aromatic rings. The molecule has 0 aliphatic rings. The second kappa shape index (κ2) is 5.08. The van der Waals surface area contributed by atoms with Gasteiger partial charge in [-0.1, -0.05) is 13.8 Å². The van der Waals surface area contributed by atoms with Crippen LogP contribution in [0.3, 0.4) is 0 Å². The number of phenols is 1. The molecule has 0 atom stereocenters. The summed E-state index contributed by atoms with van der Waals surface area (Å²) in [6.45, 7) is 5.26. The van der Waals surface area contributed by atoms with Crippen molar-refractivity contribution in [1.82, 2.24) is 0 Å². The molecule has 1 aromatic carbocycles. The third-order valence-electron chi connectivity index (χ3n) is 2.68. The van der Waals surface area contributed by atoms with Gasteiger partial charge in [-0.3, -0.25) is 4.79 Å². The number of ether oxygens (including phenoxy) is 2. The molecule has 0 bridgehead atoms.